The van der Waals surface area contributed by atoms with Gasteiger partial charge in [-0.2, -0.15) is 0 Å². The topological polar surface area (TPSA) is 95.9 Å². The summed E-state index contributed by atoms with van der Waals surface area (Å²) in [5, 5.41) is 23.1. The second kappa shape index (κ2) is 69.6. The number of nitrogens with one attached hydrogen (secondary N) is 1. The highest BCUT2D eigenvalue weighted by atomic mass is 16.5. The Bertz CT molecular complexity index is 1300. The van der Waals surface area contributed by atoms with E-state index in [1.165, 1.54) is 327 Å². The molecule has 0 aromatic heterocycles. The number of esters is 1. The van der Waals surface area contributed by atoms with Crippen LogP contribution in [0.1, 0.15) is 399 Å². The van der Waals surface area contributed by atoms with Gasteiger partial charge in [-0.05, 0) is 64.2 Å². The van der Waals surface area contributed by atoms with Gasteiger partial charge in [0.2, 0.25) is 5.91 Å². The first-order chi connectivity index (χ1) is 39.5. The molecule has 6 heteroatoms. The molecule has 6 nitrogen and oxygen atoms in total. The highest BCUT2D eigenvalue weighted by Gasteiger charge is 2.18. The van der Waals surface area contributed by atoms with Gasteiger partial charge in [-0.25, -0.2) is 0 Å². The molecule has 0 radical (unpaired) electrons. The maximum absolute atomic E-state index is 12.4. The third kappa shape index (κ3) is 65.2. The molecule has 0 rings (SSSR count). The molecule has 80 heavy (non-hydrogen) atoms. The van der Waals surface area contributed by atoms with Crippen LogP contribution >= 0.6 is 0 Å². The van der Waals surface area contributed by atoms with Crippen LogP contribution in [-0.2, 0) is 14.3 Å². The Balaban J connectivity index is 3.34. The number of hydrogen-bond donors (Lipinski definition) is 3. The molecule has 0 saturated heterocycles. The minimum absolute atomic E-state index is 0.0220. The maximum atomic E-state index is 12.4. The first-order valence-corrected chi connectivity index (χ1v) is 36.3. The standard InChI is InChI=1S/C74H141NO5/c1-3-5-7-9-11-13-15-43-48-52-56-60-64-68-74(79)80-69-65-61-57-53-49-45-42-40-38-36-34-32-30-28-26-24-22-20-18-16-17-19-21-23-25-27-29-31-33-35-37-39-41-44-47-51-55-59-63-67-73(78)75-71(70-76)72(77)66-62-58-54-50-46-14-12-10-8-6-4-2/h16-17,20,22,62,66,71-72,76-77H,3-15,18-19,21,23-61,63-65,67-70H2,1-2H3,(H,75,78)/b17-16-,22-20-,66-62+. The molecular formula is C74H141NO5. The Morgan fingerprint density at radius 3 is 0.950 bits per heavy atom. The van der Waals surface area contributed by atoms with Crippen LogP contribution in [0.4, 0.5) is 0 Å². The molecule has 0 aliphatic heterocycles. The summed E-state index contributed by atoms with van der Waals surface area (Å²) in [5.74, 6) is -0.0427. The third-order valence-corrected chi connectivity index (χ3v) is 16.9. The highest BCUT2D eigenvalue weighted by molar-refractivity contribution is 5.76. The van der Waals surface area contributed by atoms with Gasteiger partial charge in [0.25, 0.3) is 0 Å². The van der Waals surface area contributed by atoms with E-state index in [-0.39, 0.29) is 18.5 Å². The van der Waals surface area contributed by atoms with Crippen molar-refractivity contribution in [2.75, 3.05) is 13.2 Å². The average molecular weight is 1120 g/mol. The van der Waals surface area contributed by atoms with E-state index in [1.54, 1.807) is 6.08 Å². The molecular weight excluding hydrogens is 983 g/mol. The van der Waals surface area contributed by atoms with Crippen LogP contribution in [0.25, 0.3) is 0 Å². The molecule has 3 N–H and O–H groups in total. The Hall–Kier alpha value is -1.92. The van der Waals surface area contributed by atoms with Crippen molar-refractivity contribution in [2.45, 2.75) is 411 Å². The van der Waals surface area contributed by atoms with Crippen molar-refractivity contribution in [1.82, 2.24) is 5.32 Å². The molecule has 1 amide bonds. The number of carbonyl (C=O) groups excluding carboxylic acids is 2. The molecule has 2 unspecified atom stereocenters. The van der Waals surface area contributed by atoms with Crippen molar-refractivity contribution in [1.29, 1.82) is 0 Å². The minimum Gasteiger partial charge on any atom is -0.466 e. The lowest BCUT2D eigenvalue weighted by atomic mass is 10.0. The number of allylic oxidation sites excluding steroid dienone is 5. The lowest BCUT2D eigenvalue weighted by molar-refractivity contribution is -0.143. The van der Waals surface area contributed by atoms with Crippen molar-refractivity contribution in [3.8, 4) is 0 Å². The first-order valence-electron chi connectivity index (χ1n) is 36.3. The number of rotatable bonds is 68. The zero-order chi connectivity index (χ0) is 57.8. The number of amides is 1. The number of carbonyl (C=O) groups is 2. The van der Waals surface area contributed by atoms with E-state index >= 15 is 0 Å². The highest BCUT2D eigenvalue weighted by Crippen LogP contribution is 2.19. The van der Waals surface area contributed by atoms with Gasteiger partial charge in [-0.1, -0.05) is 359 Å². The van der Waals surface area contributed by atoms with Gasteiger partial charge in [0.1, 0.15) is 0 Å². The van der Waals surface area contributed by atoms with Gasteiger partial charge >= 0.3 is 5.97 Å². The zero-order valence-electron chi connectivity index (χ0n) is 54.1. The Morgan fingerprint density at radius 2 is 0.625 bits per heavy atom. The van der Waals surface area contributed by atoms with E-state index in [4.69, 9.17) is 4.74 Å². The van der Waals surface area contributed by atoms with Crippen molar-refractivity contribution in [3.05, 3.63) is 36.5 Å². The number of aliphatic hydroxyl groups is 2. The zero-order valence-corrected chi connectivity index (χ0v) is 54.1. The normalized spacial score (nSPS) is 12.7. The van der Waals surface area contributed by atoms with Gasteiger partial charge in [-0.3, -0.25) is 9.59 Å². The molecule has 0 spiro atoms. The summed E-state index contributed by atoms with van der Waals surface area (Å²) in [6.45, 7) is 4.92. The smallest absolute Gasteiger partial charge is 0.305 e. The first kappa shape index (κ1) is 78.1. The predicted molar refractivity (Wildman–Crippen MR) is 352 cm³/mol. The second-order valence-corrected chi connectivity index (χ2v) is 24.9. The third-order valence-electron chi connectivity index (χ3n) is 16.9. The fourth-order valence-electron chi connectivity index (χ4n) is 11.4. The van der Waals surface area contributed by atoms with Crippen LogP contribution in [0.5, 0.6) is 0 Å². The predicted octanol–water partition coefficient (Wildman–Crippen LogP) is 23.5. The molecule has 0 heterocycles. The lowest BCUT2D eigenvalue weighted by Gasteiger charge is -2.20. The van der Waals surface area contributed by atoms with Gasteiger partial charge < -0.3 is 20.3 Å². The number of hydrogen-bond acceptors (Lipinski definition) is 5. The molecule has 0 aliphatic carbocycles. The fourth-order valence-corrected chi connectivity index (χ4v) is 11.4. The number of ether oxygens (including phenoxy) is 1. The molecule has 2 atom stereocenters. The fraction of sp³-hybridized carbons (Fsp3) is 0.892. The van der Waals surface area contributed by atoms with Crippen LogP contribution in [-0.4, -0.2) is 47.4 Å². The number of unbranched alkanes of at least 4 members (excludes halogenated alkanes) is 53. The van der Waals surface area contributed by atoms with Crippen LogP contribution in [0, 0.1) is 0 Å². The van der Waals surface area contributed by atoms with Crippen LogP contribution in [0.3, 0.4) is 0 Å². The Kier molecular flexibility index (Phi) is 67.9. The SMILES string of the molecule is CCCCCCCCCCC/C=C/C(O)C(CO)NC(=O)CCCCCCCCCCCCCCCCCCC/C=C\C/C=C\CCCCCCCCCCCCCCCCCOC(=O)CCCCCCCCCCCCCCC. The molecule has 0 aromatic carbocycles. The lowest BCUT2D eigenvalue weighted by Crippen LogP contribution is -2.45. The van der Waals surface area contributed by atoms with E-state index in [9.17, 15) is 19.8 Å². The summed E-state index contributed by atoms with van der Waals surface area (Å²) in [4.78, 5) is 24.5. The van der Waals surface area contributed by atoms with E-state index in [1.807, 2.05) is 6.08 Å². The summed E-state index contributed by atoms with van der Waals surface area (Å²) >= 11 is 0. The van der Waals surface area contributed by atoms with Crippen molar-refractivity contribution in [3.63, 3.8) is 0 Å². The van der Waals surface area contributed by atoms with E-state index in [0.717, 1.165) is 44.9 Å². The van der Waals surface area contributed by atoms with E-state index in [0.29, 0.717) is 19.4 Å². The van der Waals surface area contributed by atoms with Crippen molar-refractivity contribution < 1.29 is 24.5 Å². The van der Waals surface area contributed by atoms with Crippen molar-refractivity contribution >= 4 is 11.9 Å². The largest absolute Gasteiger partial charge is 0.466 e. The summed E-state index contributed by atoms with van der Waals surface area (Å²) in [7, 11) is 0. The molecule has 472 valence electrons. The molecule has 0 aliphatic rings. The summed E-state index contributed by atoms with van der Waals surface area (Å²) < 4.78 is 5.49. The quantitative estimate of drug-likeness (QED) is 0.0320. The minimum atomic E-state index is -0.841. The molecule has 0 bridgehead atoms. The second-order valence-electron chi connectivity index (χ2n) is 24.9. The van der Waals surface area contributed by atoms with E-state index in [2.05, 4.69) is 43.5 Å². The van der Waals surface area contributed by atoms with Crippen molar-refractivity contribution in [2.24, 2.45) is 0 Å². The molecule has 0 aromatic rings. The van der Waals surface area contributed by atoms with Crippen LogP contribution in [0.15, 0.2) is 36.5 Å². The van der Waals surface area contributed by atoms with Crippen LogP contribution < -0.4 is 5.32 Å². The van der Waals surface area contributed by atoms with Gasteiger partial charge in [-0.15, -0.1) is 0 Å². The Labute approximate surface area is 500 Å². The van der Waals surface area contributed by atoms with Gasteiger partial charge in [0, 0.05) is 12.8 Å². The van der Waals surface area contributed by atoms with Gasteiger partial charge in [0.15, 0.2) is 0 Å². The maximum Gasteiger partial charge on any atom is 0.305 e. The van der Waals surface area contributed by atoms with Gasteiger partial charge in [0.05, 0.1) is 25.4 Å². The summed E-state index contributed by atoms with van der Waals surface area (Å²) in [5.41, 5.74) is 0. The summed E-state index contributed by atoms with van der Waals surface area (Å²) in [6.07, 6.45) is 89.7. The average Bonchev–Trinajstić information content (AvgIpc) is 3.46. The monoisotopic (exact) mass is 1120 g/mol. The summed E-state index contributed by atoms with van der Waals surface area (Å²) in [6, 6.07) is -0.624. The number of aliphatic hydroxyl groups excluding tert-OH is 2. The van der Waals surface area contributed by atoms with Crippen LogP contribution in [0.2, 0.25) is 0 Å². The molecule has 0 fully saturated rings. The van der Waals surface area contributed by atoms with E-state index < -0.39 is 12.1 Å². The molecule has 0 saturated carbocycles. The Morgan fingerprint density at radius 1 is 0.350 bits per heavy atom.